The van der Waals surface area contributed by atoms with Crippen molar-refractivity contribution in [3.8, 4) is 0 Å². The minimum Gasteiger partial charge on any atom is -0.478 e. The van der Waals surface area contributed by atoms with Gasteiger partial charge in [0.15, 0.2) is 0 Å². The molecule has 0 rings (SSSR count). The summed E-state index contributed by atoms with van der Waals surface area (Å²) >= 11 is 3.36. The maximum absolute atomic E-state index is 10.8. The molecule has 92 valence electrons. The highest BCUT2D eigenvalue weighted by Crippen LogP contribution is 1.88. The number of carboxylic acid groups (broad SMARTS) is 1. The van der Waals surface area contributed by atoms with Gasteiger partial charge in [-0.15, -0.1) is 12.6 Å². The van der Waals surface area contributed by atoms with Crippen molar-refractivity contribution >= 4 is 35.7 Å². The summed E-state index contributed by atoms with van der Waals surface area (Å²) in [6.45, 7) is -0.688. The number of thiol groups is 1. The van der Waals surface area contributed by atoms with Crippen LogP contribution < -0.4 is 0 Å². The highest BCUT2D eigenvalue weighted by Gasteiger charge is 2.01. The zero-order chi connectivity index (χ0) is 13.3. The number of carbonyl (C=O) groups excluding carboxylic acids is 3. The minimum absolute atomic E-state index is 0.573. The molecule has 0 aromatic rings. The number of aliphatic carboxylic acids is 1. The zero-order valence-electron chi connectivity index (χ0n) is 8.36. The molecule has 7 nitrogen and oxygen atoms in total. The average molecular weight is 260 g/mol. The van der Waals surface area contributed by atoms with E-state index in [1.54, 1.807) is 0 Å². The molecule has 0 aromatic carbocycles. The average Bonchev–Trinajstić information content (AvgIpc) is 2.23. The van der Waals surface area contributed by atoms with Crippen LogP contribution in [0, 0.1) is 0 Å². The van der Waals surface area contributed by atoms with Gasteiger partial charge in [-0.1, -0.05) is 0 Å². The number of ether oxygens (including phenoxy) is 2. The van der Waals surface area contributed by atoms with E-state index in [0.29, 0.717) is 12.2 Å². The predicted molar refractivity (Wildman–Crippen MR) is 57.0 cm³/mol. The standard InChI is InChI=1S/C9H8O7S/c10-6(11)1-2-7(12)15-5-16-8(13)3-4-9(14)17/h1-4H,5H2,(H,10,11)(H,14,17). The zero-order valence-corrected chi connectivity index (χ0v) is 9.25. The number of carbonyl (C=O) groups is 4. The molecule has 17 heavy (non-hydrogen) atoms. The topological polar surface area (TPSA) is 107 Å². The Hall–Kier alpha value is -2.09. The third-order valence-corrected chi connectivity index (χ3v) is 1.28. The first-order valence-corrected chi connectivity index (χ1v) is 4.52. The largest absolute Gasteiger partial charge is 0.478 e. The van der Waals surface area contributed by atoms with Crippen molar-refractivity contribution in [1.29, 1.82) is 0 Å². The lowest BCUT2D eigenvalue weighted by molar-refractivity contribution is -0.160. The van der Waals surface area contributed by atoms with Gasteiger partial charge in [0, 0.05) is 18.2 Å². The van der Waals surface area contributed by atoms with Crippen molar-refractivity contribution in [3.63, 3.8) is 0 Å². The van der Waals surface area contributed by atoms with Crippen LogP contribution in [0.3, 0.4) is 0 Å². The fourth-order valence-corrected chi connectivity index (χ4v) is 0.595. The molecule has 0 fully saturated rings. The highest BCUT2D eigenvalue weighted by molar-refractivity contribution is 7.97. The van der Waals surface area contributed by atoms with Crippen molar-refractivity contribution in [1.82, 2.24) is 0 Å². The molecule has 0 aliphatic heterocycles. The summed E-state index contributed by atoms with van der Waals surface area (Å²) in [7, 11) is 0. The SMILES string of the molecule is O=C(O)C=CC(=O)OCOC(=O)C=CC(=O)S. The Balaban J connectivity index is 3.84. The van der Waals surface area contributed by atoms with Crippen molar-refractivity contribution in [2.75, 3.05) is 6.79 Å². The van der Waals surface area contributed by atoms with Crippen LogP contribution in [0.1, 0.15) is 0 Å². The van der Waals surface area contributed by atoms with Crippen LogP contribution in [0.4, 0.5) is 0 Å². The quantitative estimate of drug-likeness (QED) is 0.292. The van der Waals surface area contributed by atoms with Gasteiger partial charge in [-0.3, -0.25) is 4.79 Å². The molecule has 0 radical (unpaired) electrons. The van der Waals surface area contributed by atoms with Crippen LogP contribution in [-0.2, 0) is 28.7 Å². The van der Waals surface area contributed by atoms with Gasteiger partial charge in [-0.2, -0.15) is 0 Å². The highest BCUT2D eigenvalue weighted by atomic mass is 32.1. The molecule has 0 aliphatic rings. The number of carboxylic acids is 1. The normalized spacial score (nSPS) is 10.4. The van der Waals surface area contributed by atoms with Crippen molar-refractivity contribution in [3.05, 3.63) is 24.3 Å². The van der Waals surface area contributed by atoms with E-state index in [0.717, 1.165) is 12.2 Å². The number of hydrogen-bond acceptors (Lipinski definition) is 6. The van der Waals surface area contributed by atoms with Crippen LogP contribution in [0.15, 0.2) is 24.3 Å². The Morgan fingerprint density at radius 1 is 0.941 bits per heavy atom. The van der Waals surface area contributed by atoms with E-state index in [4.69, 9.17) is 5.11 Å². The summed E-state index contributed by atoms with van der Waals surface area (Å²) in [5, 5.41) is 7.53. The van der Waals surface area contributed by atoms with Crippen molar-refractivity contribution in [2.24, 2.45) is 0 Å². The third kappa shape index (κ3) is 10.2. The maximum atomic E-state index is 10.8. The summed E-state index contributed by atoms with van der Waals surface area (Å²) < 4.78 is 8.63. The summed E-state index contributed by atoms with van der Waals surface area (Å²) in [5.41, 5.74) is 0. The molecular formula is C9H8O7S. The van der Waals surface area contributed by atoms with E-state index in [2.05, 4.69) is 22.1 Å². The molecule has 0 saturated heterocycles. The van der Waals surface area contributed by atoms with Crippen LogP contribution in [0.25, 0.3) is 0 Å². The van der Waals surface area contributed by atoms with E-state index in [-0.39, 0.29) is 0 Å². The van der Waals surface area contributed by atoms with Gasteiger partial charge in [-0.05, 0) is 6.08 Å². The summed E-state index contributed by atoms with van der Waals surface area (Å²) in [4.78, 5) is 41.8. The van der Waals surface area contributed by atoms with E-state index in [1.807, 2.05) is 0 Å². The van der Waals surface area contributed by atoms with Crippen molar-refractivity contribution < 1.29 is 33.8 Å². The Kier molecular flexibility index (Phi) is 7.11. The molecule has 0 heterocycles. The first-order valence-electron chi connectivity index (χ1n) is 4.07. The van der Waals surface area contributed by atoms with E-state index < -0.39 is 29.8 Å². The fourth-order valence-electron chi connectivity index (χ4n) is 0.521. The summed E-state index contributed by atoms with van der Waals surface area (Å²) in [5.74, 6) is -3.19. The van der Waals surface area contributed by atoms with E-state index in [1.165, 1.54) is 0 Å². The molecular weight excluding hydrogens is 252 g/mol. The first kappa shape index (κ1) is 14.9. The van der Waals surface area contributed by atoms with E-state index >= 15 is 0 Å². The number of hydrogen-bond donors (Lipinski definition) is 2. The lowest BCUT2D eigenvalue weighted by Gasteiger charge is -2.00. The van der Waals surface area contributed by atoms with Gasteiger partial charge in [0.25, 0.3) is 0 Å². The predicted octanol–water partition coefficient (Wildman–Crippen LogP) is -0.316. The molecule has 0 bridgehead atoms. The lowest BCUT2D eigenvalue weighted by atomic mass is 10.5. The Morgan fingerprint density at radius 2 is 1.41 bits per heavy atom. The van der Waals surface area contributed by atoms with Gasteiger partial charge in [0.1, 0.15) is 0 Å². The van der Waals surface area contributed by atoms with Gasteiger partial charge >= 0.3 is 17.9 Å². The van der Waals surface area contributed by atoms with Crippen LogP contribution in [-0.4, -0.2) is 34.9 Å². The molecule has 0 atom stereocenters. The number of rotatable bonds is 6. The minimum atomic E-state index is -1.31. The second-order valence-corrected chi connectivity index (χ2v) is 2.83. The van der Waals surface area contributed by atoms with Crippen molar-refractivity contribution in [2.45, 2.75) is 0 Å². The smallest absolute Gasteiger partial charge is 0.333 e. The molecule has 0 aromatic heterocycles. The summed E-state index contributed by atoms with van der Waals surface area (Å²) in [6.07, 6.45) is 2.89. The molecule has 0 unspecified atom stereocenters. The molecule has 8 heteroatoms. The van der Waals surface area contributed by atoms with Gasteiger partial charge in [0.05, 0.1) is 0 Å². The molecule has 1 N–H and O–H groups in total. The third-order valence-electron chi connectivity index (χ3n) is 1.13. The maximum Gasteiger partial charge on any atom is 0.333 e. The molecule has 0 amide bonds. The monoisotopic (exact) mass is 260 g/mol. The van der Waals surface area contributed by atoms with Gasteiger partial charge in [0.2, 0.25) is 11.9 Å². The molecule has 0 spiro atoms. The molecule has 0 saturated carbocycles. The Bertz CT molecular complexity index is 347. The van der Waals surface area contributed by atoms with Crippen LogP contribution in [0.2, 0.25) is 0 Å². The van der Waals surface area contributed by atoms with Gasteiger partial charge < -0.3 is 14.6 Å². The Morgan fingerprint density at radius 3 is 1.82 bits per heavy atom. The molecule has 0 aliphatic carbocycles. The van der Waals surface area contributed by atoms with E-state index in [9.17, 15) is 19.2 Å². The lowest BCUT2D eigenvalue weighted by Crippen LogP contribution is -2.10. The van der Waals surface area contributed by atoms with Gasteiger partial charge in [-0.25, -0.2) is 14.4 Å². The second kappa shape index (κ2) is 8.11. The van der Waals surface area contributed by atoms with Crippen LogP contribution >= 0.6 is 12.6 Å². The fraction of sp³-hybridized carbons (Fsp3) is 0.111. The first-order chi connectivity index (χ1) is 7.91. The Labute approximate surface area is 101 Å². The second-order valence-electron chi connectivity index (χ2n) is 2.39. The number of esters is 2. The van der Waals surface area contributed by atoms with Crippen LogP contribution in [0.5, 0.6) is 0 Å². The summed E-state index contributed by atoms with van der Waals surface area (Å²) in [6, 6.07) is 0.